The summed E-state index contributed by atoms with van der Waals surface area (Å²) in [6.45, 7) is 4.82. The van der Waals surface area contributed by atoms with Gasteiger partial charge < -0.3 is 4.57 Å². The molecule has 0 spiro atoms. The fourth-order valence-corrected chi connectivity index (χ4v) is 10.5. The smallest absolute Gasteiger partial charge is 0.188 e. The summed E-state index contributed by atoms with van der Waals surface area (Å²) >= 11 is 0. The van der Waals surface area contributed by atoms with Crippen LogP contribution in [-0.2, 0) is 28.1 Å². The van der Waals surface area contributed by atoms with Crippen molar-refractivity contribution in [2.75, 3.05) is 0 Å². The topological polar surface area (TPSA) is 27.7 Å². The van der Waals surface area contributed by atoms with Crippen LogP contribution in [0.2, 0.25) is 13.1 Å². The van der Waals surface area contributed by atoms with Crippen molar-refractivity contribution in [3.63, 3.8) is 0 Å². The number of fused-ring (bicyclic) bond motifs is 4. The predicted octanol–water partition coefficient (Wildman–Crippen LogP) is 11.2. The Bertz CT molecular complexity index is 3020. The average Bonchev–Trinajstić information content (AvgIpc) is 3.78. The number of imidazole rings is 1. The maximum absolute atomic E-state index is 5.08. The Morgan fingerprint density at radius 2 is 1.16 bits per heavy atom. The van der Waals surface area contributed by atoms with Crippen LogP contribution in [0.3, 0.4) is 0 Å². The second-order valence-electron chi connectivity index (χ2n) is 15.0. The first kappa shape index (κ1) is 36.5. The van der Waals surface area contributed by atoms with E-state index in [4.69, 9.17) is 4.98 Å². The third kappa shape index (κ3) is 6.28. The second-order valence-corrected chi connectivity index (χ2v) is 19.3. The van der Waals surface area contributed by atoms with Crippen LogP contribution in [0.15, 0.2) is 182 Å². The summed E-state index contributed by atoms with van der Waals surface area (Å²) in [6.07, 6.45) is 4.10. The van der Waals surface area contributed by atoms with Crippen LogP contribution in [0.25, 0.3) is 77.7 Å². The Balaban J connectivity index is 0.00000422. The van der Waals surface area contributed by atoms with Gasteiger partial charge in [-0.2, -0.15) is 40.7 Å². The van der Waals surface area contributed by atoms with Gasteiger partial charge in [-0.05, 0) is 69.1 Å². The fourth-order valence-electron chi connectivity index (χ4n) is 8.33. The SMILES string of the molecule is Cn1[cH+]n(-c2[c-]c([Si](C)(C)c3[c-]c4c(cc3)c3ccccc3n4-c3cc(-c4c(-c5ccccc5)cccc4-c4ccccc4)ccn3)ccc2)c2ccccc21.[Pt]. The van der Waals surface area contributed by atoms with Gasteiger partial charge in [-0.3, -0.25) is 0 Å². The van der Waals surface area contributed by atoms with Gasteiger partial charge in [0.25, 0.3) is 0 Å². The Morgan fingerprint density at radius 3 is 1.88 bits per heavy atom. The molecule has 6 heteroatoms. The van der Waals surface area contributed by atoms with E-state index < -0.39 is 8.07 Å². The quantitative estimate of drug-likeness (QED) is 0.116. The average molecular weight is 931 g/mol. The van der Waals surface area contributed by atoms with Crippen LogP contribution in [0.5, 0.6) is 0 Å². The number of hydrogen-bond acceptors (Lipinski definition) is 1. The van der Waals surface area contributed by atoms with Gasteiger partial charge in [-0.1, -0.05) is 116 Å². The Morgan fingerprint density at radius 1 is 0.544 bits per heavy atom. The third-order valence-corrected chi connectivity index (χ3v) is 14.6. The van der Waals surface area contributed by atoms with Crippen LogP contribution >= 0.6 is 0 Å². The molecule has 0 saturated heterocycles. The predicted molar refractivity (Wildman–Crippen MR) is 236 cm³/mol. The molecule has 3 heterocycles. The maximum atomic E-state index is 5.08. The number of aromatic nitrogens is 4. The van der Waals surface area contributed by atoms with Crippen LogP contribution < -0.4 is 10.4 Å². The molecule has 3 aromatic heterocycles. The zero-order valence-corrected chi connectivity index (χ0v) is 35.2. The first-order valence-electron chi connectivity index (χ1n) is 19.1. The molecule has 7 aromatic carbocycles. The van der Waals surface area contributed by atoms with Gasteiger partial charge in [0.1, 0.15) is 5.82 Å². The van der Waals surface area contributed by atoms with Gasteiger partial charge >= 0.3 is 0 Å². The van der Waals surface area contributed by atoms with Crippen molar-refractivity contribution < 1.29 is 21.1 Å². The summed E-state index contributed by atoms with van der Waals surface area (Å²) in [5.41, 5.74) is 12.6. The van der Waals surface area contributed by atoms with Gasteiger partial charge in [0.15, 0.2) is 17.4 Å². The molecular weight excluding hydrogens is 892 g/mol. The van der Waals surface area contributed by atoms with Crippen molar-refractivity contribution in [2.45, 2.75) is 13.1 Å². The summed E-state index contributed by atoms with van der Waals surface area (Å²) in [5.74, 6) is 0.865. The van der Waals surface area contributed by atoms with Crippen LogP contribution in [-0.4, -0.2) is 26.8 Å². The molecule has 0 bridgehead atoms. The zero-order valence-electron chi connectivity index (χ0n) is 31.9. The van der Waals surface area contributed by atoms with E-state index in [0.29, 0.717) is 0 Å². The molecule has 0 fully saturated rings. The number of rotatable bonds is 7. The molecular formula is C51H39N4PtSi-. The van der Waals surface area contributed by atoms with E-state index in [1.165, 1.54) is 54.5 Å². The molecule has 0 atom stereocenters. The van der Waals surface area contributed by atoms with Gasteiger partial charge in [0.05, 0.1) is 8.07 Å². The van der Waals surface area contributed by atoms with Crippen LogP contribution in [0, 0.1) is 12.1 Å². The van der Waals surface area contributed by atoms with E-state index in [2.05, 4.69) is 222 Å². The number of nitrogens with zero attached hydrogens (tertiary/aromatic N) is 4. The van der Waals surface area contributed by atoms with Crippen LogP contribution in [0.4, 0.5) is 0 Å². The first-order chi connectivity index (χ1) is 27.5. The van der Waals surface area contributed by atoms with Gasteiger partial charge in [0.2, 0.25) is 0 Å². The summed E-state index contributed by atoms with van der Waals surface area (Å²) in [6, 6.07) is 68.6. The van der Waals surface area contributed by atoms with E-state index in [0.717, 1.165) is 33.6 Å². The molecule has 0 saturated carbocycles. The Kier molecular flexibility index (Phi) is 9.44. The van der Waals surface area contributed by atoms with E-state index in [1.807, 2.05) is 6.20 Å². The number of pyridine rings is 1. The summed E-state index contributed by atoms with van der Waals surface area (Å²) in [5, 5.41) is 4.81. The Labute approximate surface area is 348 Å². The summed E-state index contributed by atoms with van der Waals surface area (Å²) in [4.78, 5) is 5.08. The summed E-state index contributed by atoms with van der Waals surface area (Å²) < 4.78 is 6.72. The molecule has 0 aliphatic rings. The van der Waals surface area contributed by atoms with Gasteiger partial charge in [-0.25, -0.2) is 14.1 Å². The van der Waals surface area contributed by atoms with E-state index in [9.17, 15) is 0 Å². The number of hydrogen-bond donors (Lipinski definition) is 0. The molecule has 4 nitrogen and oxygen atoms in total. The largest absolute Gasteiger partial charge is 0.319 e. The minimum atomic E-state index is -2.29. The zero-order chi connectivity index (χ0) is 37.8. The normalized spacial score (nSPS) is 11.6. The van der Waals surface area contributed by atoms with E-state index in [-0.39, 0.29) is 21.1 Å². The second kappa shape index (κ2) is 14.7. The van der Waals surface area contributed by atoms with Crippen molar-refractivity contribution in [3.8, 4) is 44.9 Å². The molecule has 0 aliphatic carbocycles. The molecule has 0 radical (unpaired) electrons. The molecule has 10 rings (SSSR count). The third-order valence-electron chi connectivity index (χ3n) is 11.3. The number of para-hydroxylation sites is 3. The van der Waals surface area contributed by atoms with Crippen molar-refractivity contribution in [1.82, 2.24) is 18.7 Å². The maximum Gasteiger partial charge on any atom is 0.188 e. The molecule has 57 heavy (non-hydrogen) atoms. The number of aryl methyl sites for hydroxylation is 1. The minimum absolute atomic E-state index is 0. The van der Waals surface area contributed by atoms with Crippen molar-refractivity contribution in [3.05, 3.63) is 195 Å². The molecule has 0 amide bonds. The Hall–Kier alpha value is -6.13. The molecule has 0 N–H and O–H groups in total. The molecule has 0 aliphatic heterocycles. The van der Waals surface area contributed by atoms with Crippen molar-refractivity contribution in [1.29, 1.82) is 0 Å². The molecule has 278 valence electrons. The molecule has 0 unspecified atom stereocenters. The van der Waals surface area contributed by atoms with E-state index >= 15 is 0 Å². The van der Waals surface area contributed by atoms with Gasteiger partial charge in [0, 0.05) is 57.6 Å². The van der Waals surface area contributed by atoms with E-state index in [1.54, 1.807) is 0 Å². The van der Waals surface area contributed by atoms with Gasteiger partial charge in [-0.15, -0.1) is 17.5 Å². The first-order valence-corrected chi connectivity index (χ1v) is 22.1. The fraction of sp³-hybridized carbons (Fsp3) is 0.0588. The van der Waals surface area contributed by atoms with Crippen LogP contribution in [0.1, 0.15) is 0 Å². The number of benzene rings is 7. The van der Waals surface area contributed by atoms with Crippen molar-refractivity contribution >= 4 is 51.3 Å². The standard InChI is InChI=1S/C51H39N4Si.Pt/c1-53-35-54(48-27-13-12-26-47(48)53)39-20-14-21-40(33-39)56(2,3)41-28-29-45-44-22-10-11-25-46(44)55(49(45)34-41)50-32-38(30-31-52-50)51-42(36-16-6-4-7-17-36)23-15-24-43(51)37-18-8-5-9-19-37;/h4-32,35H,1-3H3;/q-1;. The summed E-state index contributed by atoms with van der Waals surface area (Å²) in [7, 11) is -0.192. The monoisotopic (exact) mass is 930 g/mol. The van der Waals surface area contributed by atoms with Crippen molar-refractivity contribution in [2.24, 2.45) is 7.05 Å². The minimum Gasteiger partial charge on any atom is -0.319 e. The molecule has 10 aromatic rings.